The van der Waals surface area contributed by atoms with Crippen LogP contribution in [0, 0.1) is 5.92 Å². The number of nitrogens with zero attached hydrogens (tertiary/aromatic N) is 2. The number of carbonyl (C=O) groups excluding carboxylic acids is 1. The fraction of sp³-hybridized carbons (Fsp3) is 0.467. The van der Waals surface area contributed by atoms with Gasteiger partial charge in [0.15, 0.2) is 0 Å². The monoisotopic (exact) mass is 512 g/mol. The lowest BCUT2D eigenvalue weighted by Gasteiger charge is -2.10. The number of allylic oxidation sites excluding steroid dienone is 3. The van der Waals surface area contributed by atoms with Crippen LogP contribution in [0.5, 0.6) is 0 Å². The van der Waals surface area contributed by atoms with Crippen molar-refractivity contribution >= 4 is 34.1 Å². The molecule has 0 radical (unpaired) electrons. The number of carbonyl (C=O) groups is 1. The van der Waals surface area contributed by atoms with Crippen molar-refractivity contribution in [3.05, 3.63) is 66.8 Å². The van der Waals surface area contributed by atoms with Gasteiger partial charge in [-0.3, -0.25) is 4.79 Å². The zero-order valence-corrected chi connectivity index (χ0v) is 24.5. The Morgan fingerprint density at radius 1 is 1.22 bits per heavy atom. The van der Waals surface area contributed by atoms with E-state index in [0.29, 0.717) is 5.56 Å². The van der Waals surface area contributed by atoms with Crippen molar-refractivity contribution in [2.24, 2.45) is 18.7 Å². The third-order valence-corrected chi connectivity index (χ3v) is 6.30. The summed E-state index contributed by atoms with van der Waals surface area (Å²) in [4.78, 5) is 18.5. The summed E-state index contributed by atoms with van der Waals surface area (Å²) in [6.45, 7) is 16.1. The highest BCUT2D eigenvalue weighted by Gasteiger charge is 2.10. The Morgan fingerprint density at radius 3 is 2.22 bits per heavy atom. The molecule has 5 nitrogen and oxygen atoms in total. The van der Waals surface area contributed by atoms with Crippen molar-refractivity contribution in [1.29, 1.82) is 0 Å². The number of fused-ring (bicyclic) bond motifs is 1. The second-order valence-electron chi connectivity index (χ2n) is 8.64. The standard InChI is InChI=1S/C13H14N2O.C9H20.C5H8N2S.C3H6/c1-3-8(2)10-6-9-4-5-15-12(9)11(7-10)13(14)16;1-4-7-9(6-3)8-5-2;1-7-3-5(8-2)6-4-7;1-3-2/h3-7,15H,1-2H3,(H2,14,16);9H,4-8H2,1-3H3;3-4H,1-2H3;3H,1H2,2H3/b8-3+;;;. The van der Waals surface area contributed by atoms with Gasteiger partial charge >= 0.3 is 0 Å². The van der Waals surface area contributed by atoms with Crippen molar-refractivity contribution < 1.29 is 4.79 Å². The van der Waals surface area contributed by atoms with Crippen molar-refractivity contribution in [2.45, 2.75) is 78.7 Å². The number of aromatic nitrogens is 3. The quantitative estimate of drug-likeness (QED) is 0.234. The first kappa shape index (κ1) is 33.3. The number of rotatable bonds is 8. The van der Waals surface area contributed by atoms with Crippen molar-refractivity contribution in [2.75, 3.05) is 6.26 Å². The molecule has 2 heterocycles. The predicted molar refractivity (Wildman–Crippen MR) is 161 cm³/mol. The molecule has 200 valence electrons. The molecule has 0 aliphatic carbocycles. The molecule has 0 aliphatic heterocycles. The number of primary amides is 1. The van der Waals surface area contributed by atoms with Crippen molar-refractivity contribution in [3.63, 3.8) is 0 Å². The van der Waals surface area contributed by atoms with Crippen LogP contribution in [-0.2, 0) is 7.05 Å². The number of imidazole rings is 1. The summed E-state index contributed by atoms with van der Waals surface area (Å²) in [6.07, 6.45) is 18.3. The van der Waals surface area contributed by atoms with Crippen LogP contribution in [0.2, 0.25) is 0 Å². The Balaban J connectivity index is 0.000000522. The summed E-state index contributed by atoms with van der Waals surface area (Å²) in [5.74, 6) is 0.609. The second kappa shape index (κ2) is 19.5. The number of aromatic amines is 1. The van der Waals surface area contributed by atoms with Gasteiger partial charge in [-0.05, 0) is 62.3 Å². The summed E-state index contributed by atoms with van der Waals surface area (Å²) in [7, 11) is 1.96. The third kappa shape index (κ3) is 12.3. The minimum atomic E-state index is -0.404. The summed E-state index contributed by atoms with van der Waals surface area (Å²) in [6, 6.07) is 5.82. The van der Waals surface area contributed by atoms with Gasteiger partial charge in [0, 0.05) is 24.8 Å². The fourth-order valence-corrected chi connectivity index (χ4v) is 4.05. The van der Waals surface area contributed by atoms with E-state index in [9.17, 15) is 4.79 Å². The molecule has 0 spiro atoms. The highest BCUT2D eigenvalue weighted by atomic mass is 32.2. The Morgan fingerprint density at radius 2 is 1.83 bits per heavy atom. The first-order valence-corrected chi connectivity index (χ1v) is 14.1. The normalized spacial score (nSPS) is 10.5. The maximum absolute atomic E-state index is 11.4. The minimum absolute atomic E-state index is 0.404. The van der Waals surface area contributed by atoms with Crippen LogP contribution in [0.15, 0.2) is 60.7 Å². The lowest BCUT2D eigenvalue weighted by Crippen LogP contribution is -2.11. The fourth-order valence-electron chi connectivity index (χ4n) is 3.62. The number of thioether (sulfide) groups is 1. The minimum Gasteiger partial charge on any atom is -0.366 e. The summed E-state index contributed by atoms with van der Waals surface area (Å²) in [5.41, 5.74) is 8.88. The number of hydrogen-bond donors (Lipinski definition) is 2. The highest BCUT2D eigenvalue weighted by Crippen LogP contribution is 2.24. The lowest BCUT2D eigenvalue weighted by atomic mass is 9.96. The SMILES string of the molecule is C/C=C(\C)c1cc(C(N)=O)c2[nH]ccc2c1.C=CC.CCCC(CC)CCC.CSc1cn(C)cn1. The first-order chi connectivity index (χ1) is 17.2. The van der Waals surface area contributed by atoms with Crippen LogP contribution >= 0.6 is 11.8 Å². The number of nitrogens with one attached hydrogen (secondary N) is 1. The number of hydrogen-bond acceptors (Lipinski definition) is 3. The third-order valence-electron chi connectivity index (χ3n) is 5.67. The molecule has 1 amide bonds. The molecule has 0 saturated carbocycles. The van der Waals surface area contributed by atoms with Gasteiger partial charge in [0.1, 0.15) is 5.03 Å². The second-order valence-corrected chi connectivity index (χ2v) is 9.47. The molecule has 0 fully saturated rings. The molecule has 3 N–H and O–H groups in total. The summed E-state index contributed by atoms with van der Waals surface area (Å²) >= 11 is 1.66. The van der Waals surface area contributed by atoms with Crippen LogP contribution in [0.1, 0.15) is 89.6 Å². The maximum atomic E-state index is 11.4. The van der Waals surface area contributed by atoms with E-state index in [1.807, 2.05) is 75.3 Å². The van der Waals surface area contributed by atoms with Crippen molar-refractivity contribution in [3.8, 4) is 0 Å². The van der Waals surface area contributed by atoms with Gasteiger partial charge in [-0.1, -0.05) is 65.0 Å². The van der Waals surface area contributed by atoms with Crippen LogP contribution in [0.25, 0.3) is 16.5 Å². The van der Waals surface area contributed by atoms with E-state index >= 15 is 0 Å². The molecule has 0 saturated heterocycles. The van der Waals surface area contributed by atoms with E-state index in [1.165, 1.54) is 32.1 Å². The molecule has 0 bridgehead atoms. The van der Waals surface area contributed by atoms with E-state index in [4.69, 9.17) is 5.73 Å². The van der Waals surface area contributed by atoms with Gasteiger partial charge in [-0.25, -0.2) is 4.98 Å². The Hall–Kier alpha value is -2.73. The number of benzene rings is 1. The molecule has 0 aliphatic rings. The van der Waals surface area contributed by atoms with E-state index in [2.05, 4.69) is 37.3 Å². The number of nitrogens with two attached hydrogens (primary N) is 1. The summed E-state index contributed by atoms with van der Waals surface area (Å²) < 4.78 is 1.94. The molecule has 1 aromatic carbocycles. The van der Waals surface area contributed by atoms with E-state index in [-0.39, 0.29) is 0 Å². The van der Waals surface area contributed by atoms with Gasteiger partial charge in [-0.15, -0.1) is 18.3 Å². The van der Waals surface area contributed by atoms with Gasteiger partial charge in [0.05, 0.1) is 17.4 Å². The first-order valence-electron chi connectivity index (χ1n) is 12.9. The lowest BCUT2D eigenvalue weighted by molar-refractivity contribution is 0.100. The smallest absolute Gasteiger partial charge is 0.250 e. The number of amides is 1. The predicted octanol–water partition coefficient (Wildman–Crippen LogP) is 8.64. The highest BCUT2D eigenvalue weighted by molar-refractivity contribution is 7.98. The van der Waals surface area contributed by atoms with Crippen molar-refractivity contribution in [1.82, 2.24) is 14.5 Å². The van der Waals surface area contributed by atoms with Crippen LogP contribution in [-0.4, -0.2) is 26.7 Å². The molecule has 3 aromatic rings. The summed E-state index contributed by atoms with van der Waals surface area (Å²) in [5, 5.41) is 2.08. The van der Waals surface area contributed by atoms with Gasteiger partial charge < -0.3 is 15.3 Å². The van der Waals surface area contributed by atoms with Crippen LogP contribution in [0.4, 0.5) is 0 Å². The molecule has 2 aromatic heterocycles. The number of H-pyrrole nitrogens is 1. The Labute approximate surface area is 223 Å². The average Bonchev–Trinajstić information content (AvgIpc) is 3.52. The zero-order chi connectivity index (χ0) is 27.5. The van der Waals surface area contributed by atoms with Gasteiger partial charge in [0.25, 0.3) is 5.91 Å². The van der Waals surface area contributed by atoms with Crippen LogP contribution in [0.3, 0.4) is 0 Å². The molecular formula is C30H48N4OS. The largest absolute Gasteiger partial charge is 0.366 e. The molecule has 0 atom stereocenters. The number of aryl methyl sites for hydroxylation is 1. The topological polar surface area (TPSA) is 76.7 Å². The molecule has 0 unspecified atom stereocenters. The Bertz CT molecular complexity index is 1040. The van der Waals surface area contributed by atoms with Gasteiger partial charge in [-0.2, -0.15) is 0 Å². The van der Waals surface area contributed by atoms with Gasteiger partial charge in [0.2, 0.25) is 0 Å². The zero-order valence-electron chi connectivity index (χ0n) is 23.7. The molecule has 3 rings (SSSR count). The molecular weight excluding hydrogens is 464 g/mol. The Kier molecular flexibility index (Phi) is 18.0. The van der Waals surface area contributed by atoms with Crippen LogP contribution < -0.4 is 5.73 Å². The van der Waals surface area contributed by atoms with E-state index < -0.39 is 5.91 Å². The van der Waals surface area contributed by atoms with E-state index in [1.54, 1.807) is 24.2 Å². The van der Waals surface area contributed by atoms with E-state index in [0.717, 1.165) is 33.0 Å². The molecule has 6 heteroatoms. The average molecular weight is 513 g/mol. The molecule has 36 heavy (non-hydrogen) atoms. The maximum Gasteiger partial charge on any atom is 0.250 e.